The van der Waals surface area contributed by atoms with Gasteiger partial charge in [-0.3, -0.25) is 4.79 Å². The number of rotatable bonds is 6. The van der Waals surface area contributed by atoms with E-state index < -0.39 is 15.9 Å². The van der Waals surface area contributed by atoms with Gasteiger partial charge in [-0.15, -0.1) is 6.42 Å². The molecule has 3 aromatic rings. The third-order valence-electron chi connectivity index (χ3n) is 6.35. The zero-order valence-corrected chi connectivity index (χ0v) is 21.2. The van der Waals surface area contributed by atoms with Crippen molar-refractivity contribution in [3.8, 4) is 12.3 Å². The molecule has 1 aromatic heterocycles. The highest BCUT2D eigenvalue weighted by Gasteiger charge is 2.32. The Hall–Kier alpha value is -2.73. The Morgan fingerprint density at radius 1 is 1.18 bits per heavy atom. The van der Waals surface area contributed by atoms with E-state index in [-0.39, 0.29) is 10.9 Å². The van der Waals surface area contributed by atoms with Gasteiger partial charge < -0.3 is 4.57 Å². The van der Waals surface area contributed by atoms with E-state index >= 15 is 0 Å². The average Bonchev–Trinajstić information content (AvgIpc) is 3.20. The number of fused-ring (bicyclic) bond motifs is 1. The van der Waals surface area contributed by atoms with Crippen LogP contribution < -0.4 is 4.80 Å². The molecule has 6 nitrogen and oxygen atoms in total. The number of nitrogens with zero attached hydrogens (tertiary/aromatic N) is 3. The van der Waals surface area contributed by atoms with Crippen molar-refractivity contribution in [1.29, 1.82) is 0 Å². The number of sulfonamides is 1. The molecule has 1 aliphatic heterocycles. The first kappa shape index (κ1) is 24.4. The lowest BCUT2D eigenvalue weighted by Crippen LogP contribution is -2.43. The molecule has 8 heteroatoms. The molecule has 0 spiro atoms. The summed E-state index contributed by atoms with van der Waals surface area (Å²) < 4.78 is 30.9. The van der Waals surface area contributed by atoms with Crippen molar-refractivity contribution in [2.75, 3.05) is 6.54 Å². The van der Waals surface area contributed by atoms with Crippen LogP contribution in [0.5, 0.6) is 0 Å². The Labute approximate surface area is 205 Å². The van der Waals surface area contributed by atoms with Crippen LogP contribution in [0.25, 0.3) is 10.2 Å². The highest BCUT2D eigenvalue weighted by atomic mass is 32.2. The Kier molecular flexibility index (Phi) is 7.36. The van der Waals surface area contributed by atoms with Crippen molar-refractivity contribution < 1.29 is 13.2 Å². The van der Waals surface area contributed by atoms with Gasteiger partial charge in [-0.1, -0.05) is 43.6 Å². The van der Waals surface area contributed by atoms with E-state index in [0.717, 1.165) is 42.3 Å². The lowest BCUT2D eigenvalue weighted by atomic mass is 10.0. The van der Waals surface area contributed by atoms with Crippen LogP contribution in [0, 0.1) is 12.3 Å². The summed E-state index contributed by atoms with van der Waals surface area (Å²) in [6, 6.07) is 12.3. The first-order valence-corrected chi connectivity index (χ1v) is 13.9. The summed E-state index contributed by atoms with van der Waals surface area (Å²) in [6.07, 6.45) is 10.1. The van der Waals surface area contributed by atoms with E-state index in [2.05, 4.69) is 30.0 Å². The summed E-state index contributed by atoms with van der Waals surface area (Å²) in [5.41, 5.74) is 2.49. The van der Waals surface area contributed by atoms with Crippen molar-refractivity contribution in [3.05, 3.63) is 58.4 Å². The molecular weight excluding hydrogens is 466 g/mol. The molecule has 1 aliphatic rings. The van der Waals surface area contributed by atoms with Crippen LogP contribution in [0.15, 0.2) is 52.4 Å². The van der Waals surface area contributed by atoms with Gasteiger partial charge in [0.05, 0.1) is 21.7 Å². The molecule has 1 unspecified atom stereocenters. The maximum atomic E-state index is 13.2. The van der Waals surface area contributed by atoms with Crippen molar-refractivity contribution >= 4 is 37.5 Å². The number of benzene rings is 2. The number of hydrogen-bond donors (Lipinski definition) is 0. The van der Waals surface area contributed by atoms with Crippen LogP contribution >= 0.6 is 11.3 Å². The summed E-state index contributed by atoms with van der Waals surface area (Å²) in [5, 5.41) is 0. The number of thiazole rings is 1. The molecule has 0 aliphatic carbocycles. The third kappa shape index (κ3) is 4.74. The fraction of sp³-hybridized carbons (Fsp3) is 0.385. The average molecular weight is 496 g/mol. The van der Waals surface area contributed by atoms with E-state index in [9.17, 15) is 13.2 Å². The number of aromatic nitrogens is 1. The van der Waals surface area contributed by atoms with Gasteiger partial charge >= 0.3 is 0 Å². The summed E-state index contributed by atoms with van der Waals surface area (Å²) in [7, 11) is -3.60. The normalized spacial score (nSPS) is 17.7. The highest BCUT2D eigenvalue weighted by Crippen LogP contribution is 2.27. The predicted molar refractivity (Wildman–Crippen MR) is 136 cm³/mol. The molecule has 0 bridgehead atoms. The van der Waals surface area contributed by atoms with Gasteiger partial charge in [-0.2, -0.15) is 9.30 Å². The molecule has 2 aromatic carbocycles. The molecule has 1 fully saturated rings. The quantitative estimate of drug-likeness (QED) is 0.470. The minimum Gasteiger partial charge on any atom is -0.305 e. The number of terminal acetylenes is 1. The number of aryl methyl sites for hydroxylation is 1. The molecule has 1 atom stereocenters. The van der Waals surface area contributed by atoms with Crippen molar-refractivity contribution in [3.63, 3.8) is 0 Å². The van der Waals surface area contributed by atoms with Crippen molar-refractivity contribution in [2.24, 2.45) is 4.99 Å². The summed E-state index contributed by atoms with van der Waals surface area (Å²) in [5.74, 6) is 2.21. The van der Waals surface area contributed by atoms with Gasteiger partial charge in [0.15, 0.2) is 4.80 Å². The molecule has 0 radical (unpaired) electrons. The van der Waals surface area contributed by atoms with E-state index in [1.807, 2.05) is 17.6 Å². The molecule has 34 heavy (non-hydrogen) atoms. The summed E-state index contributed by atoms with van der Waals surface area (Å²) >= 11 is 1.42. The van der Waals surface area contributed by atoms with E-state index in [1.54, 1.807) is 4.31 Å². The number of carbonyl (C=O) groups is 1. The highest BCUT2D eigenvalue weighted by molar-refractivity contribution is 7.89. The second-order valence-electron chi connectivity index (χ2n) is 8.45. The first-order chi connectivity index (χ1) is 16.4. The zero-order chi connectivity index (χ0) is 24.3. The van der Waals surface area contributed by atoms with Crippen LogP contribution in [-0.4, -0.2) is 35.8 Å². The molecule has 0 N–H and O–H groups in total. The Balaban J connectivity index is 1.65. The summed E-state index contributed by atoms with van der Waals surface area (Å²) in [4.78, 5) is 18.0. The van der Waals surface area contributed by atoms with Crippen molar-refractivity contribution in [2.45, 2.75) is 63.4 Å². The zero-order valence-electron chi connectivity index (χ0n) is 19.5. The van der Waals surface area contributed by atoms with E-state index in [1.165, 1.54) is 41.2 Å². The maximum absolute atomic E-state index is 13.2. The lowest BCUT2D eigenvalue weighted by molar-refractivity contribution is 0.0997. The molecule has 4 rings (SSSR count). The van der Waals surface area contributed by atoms with Gasteiger partial charge in [-0.05, 0) is 67.6 Å². The summed E-state index contributed by atoms with van der Waals surface area (Å²) in [6.45, 7) is 4.96. The van der Waals surface area contributed by atoms with E-state index in [4.69, 9.17) is 6.42 Å². The fourth-order valence-corrected chi connectivity index (χ4v) is 7.28. The van der Waals surface area contributed by atoms with Gasteiger partial charge in [0.25, 0.3) is 5.91 Å². The molecule has 0 saturated carbocycles. The standard InChI is InChI=1S/C26H29N3O3S2/c1-4-16-28-23-15-10-19(5-2)18-24(23)33-26(28)27-25(30)20-11-13-22(14-12-20)34(31,32)29-17-8-7-9-21(29)6-3/h1,10-15,18,21H,5-9,16-17H2,2-3H3. The Bertz CT molecular complexity index is 1410. The van der Waals surface area contributed by atoms with E-state index in [0.29, 0.717) is 23.5 Å². The number of carbonyl (C=O) groups excluding carboxylic acids is 1. The van der Waals surface area contributed by atoms with Crippen LogP contribution in [0.2, 0.25) is 0 Å². The van der Waals surface area contributed by atoms with Gasteiger partial charge in [-0.25, -0.2) is 8.42 Å². The van der Waals surface area contributed by atoms with Crippen LogP contribution in [0.4, 0.5) is 0 Å². The Morgan fingerprint density at radius 2 is 1.94 bits per heavy atom. The van der Waals surface area contributed by atoms with Crippen LogP contribution in [0.1, 0.15) is 55.5 Å². The predicted octanol–water partition coefficient (Wildman–Crippen LogP) is 4.59. The van der Waals surface area contributed by atoms with Crippen molar-refractivity contribution in [1.82, 2.24) is 8.87 Å². The lowest BCUT2D eigenvalue weighted by Gasteiger charge is -2.34. The SMILES string of the molecule is C#CCn1c(=NC(=O)c2ccc(S(=O)(=O)N3CCCCC3CC)cc2)sc2cc(CC)ccc21. The van der Waals surface area contributed by atoms with Gasteiger partial charge in [0.1, 0.15) is 0 Å². The second-order valence-corrected chi connectivity index (χ2v) is 11.3. The smallest absolute Gasteiger partial charge is 0.279 e. The number of amides is 1. The maximum Gasteiger partial charge on any atom is 0.279 e. The van der Waals surface area contributed by atoms with Gasteiger partial charge in [0.2, 0.25) is 10.0 Å². The fourth-order valence-electron chi connectivity index (χ4n) is 4.42. The molecule has 178 valence electrons. The Morgan fingerprint density at radius 3 is 2.62 bits per heavy atom. The van der Waals surface area contributed by atoms with Crippen LogP contribution in [0.3, 0.4) is 0 Å². The van der Waals surface area contributed by atoms with Gasteiger partial charge in [0, 0.05) is 18.2 Å². The monoisotopic (exact) mass is 495 g/mol. The first-order valence-electron chi connectivity index (χ1n) is 11.7. The number of hydrogen-bond acceptors (Lipinski definition) is 4. The number of piperidine rings is 1. The minimum atomic E-state index is -3.60. The topological polar surface area (TPSA) is 71.7 Å². The minimum absolute atomic E-state index is 0.0304. The molecule has 1 amide bonds. The second kappa shape index (κ2) is 10.3. The largest absolute Gasteiger partial charge is 0.305 e. The molecular formula is C26H29N3O3S2. The molecule has 1 saturated heterocycles. The molecule has 2 heterocycles. The third-order valence-corrected chi connectivity index (χ3v) is 9.36. The van der Waals surface area contributed by atoms with Crippen LogP contribution in [-0.2, 0) is 23.0 Å².